The average Bonchev–Trinajstić information content (AvgIpc) is 3.34. The van der Waals surface area contributed by atoms with Gasteiger partial charge in [-0.2, -0.15) is 0 Å². The second-order valence-corrected chi connectivity index (χ2v) is 9.29. The van der Waals surface area contributed by atoms with Gasteiger partial charge in [-0.3, -0.25) is 19.4 Å². The van der Waals surface area contributed by atoms with E-state index in [1.165, 1.54) is 4.90 Å². The van der Waals surface area contributed by atoms with Gasteiger partial charge in [-0.25, -0.2) is 4.79 Å². The van der Waals surface area contributed by atoms with Crippen molar-refractivity contribution >= 4 is 29.7 Å². The van der Waals surface area contributed by atoms with Gasteiger partial charge in [0.25, 0.3) is 0 Å². The van der Waals surface area contributed by atoms with Crippen LogP contribution in [0.15, 0.2) is 4.99 Å². The minimum Gasteiger partial charge on any atom is -0.480 e. The highest BCUT2D eigenvalue weighted by Crippen LogP contribution is 2.20. The van der Waals surface area contributed by atoms with Crippen LogP contribution in [0.5, 0.6) is 0 Å². The number of hydrogen-bond donors (Lipinski definition) is 7. The van der Waals surface area contributed by atoms with E-state index in [1.54, 1.807) is 0 Å². The summed E-state index contributed by atoms with van der Waals surface area (Å²) in [5.41, 5.74) is 22.3. The lowest BCUT2D eigenvalue weighted by Gasteiger charge is -2.29. The molecule has 11 N–H and O–H groups in total. The molecule has 0 aliphatic carbocycles. The lowest BCUT2D eigenvalue weighted by atomic mass is 9.98. The number of nitrogens with one attached hydrogen (secondary N) is 2. The van der Waals surface area contributed by atoms with Gasteiger partial charge in [0.2, 0.25) is 17.7 Å². The zero-order valence-electron chi connectivity index (χ0n) is 21.4. The molecular weight excluding hydrogens is 468 g/mol. The van der Waals surface area contributed by atoms with Gasteiger partial charge >= 0.3 is 5.97 Å². The highest BCUT2D eigenvalue weighted by atomic mass is 16.4. The molecule has 13 nitrogen and oxygen atoms in total. The molecule has 3 amide bonds. The first kappa shape index (κ1) is 31.1. The predicted molar refractivity (Wildman–Crippen MR) is 136 cm³/mol. The van der Waals surface area contributed by atoms with E-state index in [9.17, 15) is 24.3 Å². The number of hydrogen-bond acceptors (Lipinski definition) is 7. The molecule has 36 heavy (non-hydrogen) atoms. The molecule has 13 heteroatoms. The first-order chi connectivity index (χ1) is 17.0. The third kappa shape index (κ3) is 9.97. The van der Waals surface area contributed by atoms with Crippen molar-refractivity contribution in [1.29, 1.82) is 0 Å². The van der Waals surface area contributed by atoms with Crippen LogP contribution in [-0.4, -0.2) is 83.5 Å². The third-order valence-corrected chi connectivity index (χ3v) is 6.52. The molecule has 1 saturated heterocycles. The molecular formula is C23H44N8O5. The van der Waals surface area contributed by atoms with Crippen LogP contribution in [0.25, 0.3) is 0 Å². The van der Waals surface area contributed by atoms with Crippen molar-refractivity contribution < 1.29 is 24.3 Å². The Morgan fingerprint density at radius 1 is 1.06 bits per heavy atom. The lowest BCUT2D eigenvalue weighted by Crippen LogP contribution is -2.57. The minimum atomic E-state index is -1.09. The number of carboxylic acids is 1. The molecule has 1 fully saturated rings. The van der Waals surface area contributed by atoms with Crippen LogP contribution in [0.1, 0.15) is 65.2 Å². The van der Waals surface area contributed by atoms with Crippen molar-refractivity contribution in [2.24, 2.45) is 33.8 Å². The van der Waals surface area contributed by atoms with Gasteiger partial charge in [0.05, 0.1) is 6.04 Å². The summed E-state index contributed by atoms with van der Waals surface area (Å²) in [5, 5.41) is 15.0. The number of nitrogens with two attached hydrogens (primary N) is 4. The van der Waals surface area contributed by atoms with Crippen LogP contribution in [0.4, 0.5) is 0 Å². The molecule has 1 heterocycles. The average molecular weight is 513 g/mol. The number of likely N-dealkylation sites (tertiary alicyclic amines) is 1. The van der Waals surface area contributed by atoms with Crippen LogP contribution in [-0.2, 0) is 19.2 Å². The van der Waals surface area contributed by atoms with Crippen LogP contribution < -0.4 is 33.6 Å². The van der Waals surface area contributed by atoms with Crippen molar-refractivity contribution in [1.82, 2.24) is 15.5 Å². The number of guanidine groups is 1. The van der Waals surface area contributed by atoms with Crippen molar-refractivity contribution in [3.63, 3.8) is 0 Å². The van der Waals surface area contributed by atoms with Gasteiger partial charge in [-0.15, -0.1) is 0 Å². The molecule has 0 saturated carbocycles. The zero-order valence-corrected chi connectivity index (χ0v) is 21.4. The third-order valence-electron chi connectivity index (χ3n) is 6.52. The van der Waals surface area contributed by atoms with Crippen LogP contribution >= 0.6 is 0 Å². The Hall–Kier alpha value is -2.93. The number of nitrogens with zero attached hydrogens (tertiary/aromatic N) is 2. The van der Waals surface area contributed by atoms with E-state index >= 15 is 0 Å². The van der Waals surface area contributed by atoms with E-state index in [0.29, 0.717) is 51.5 Å². The molecule has 1 aliphatic rings. The Labute approximate surface area is 212 Å². The number of aliphatic imine (C=N–C) groups is 1. The van der Waals surface area contributed by atoms with E-state index in [2.05, 4.69) is 15.6 Å². The van der Waals surface area contributed by atoms with Crippen LogP contribution in [0.3, 0.4) is 0 Å². The number of carbonyl (C=O) groups is 4. The van der Waals surface area contributed by atoms with Gasteiger partial charge in [0.1, 0.15) is 18.1 Å². The number of rotatable bonds is 16. The SMILES string of the molecule is CCC(C)C(N)C(=O)NC(CCCCN)C(=O)NC(CCCN=C(N)N)C(=O)N1CCCC1C(=O)O. The molecule has 1 aliphatic heterocycles. The molecule has 1 rings (SSSR count). The molecule has 0 radical (unpaired) electrons. The molecule has 0 aromatic heterocycles. The van der Waals surface area contributed by atoms with E-state index in [-0.39, 0.29) is 31.4 Å². The van der Waals surface area contributed by atoms with Crippen molar-refractivity contribution in [3.05, 3.63) is 0 Å². The second kappa shape index (κ2) is 15.9. The zero-order chi connectivity index (χ0) is 27.3. The summed E-state index contributed by atoms with van der Waals surface area (Å²) < 4.78 is 0. The number of aliphatic carboxylic acids is 1. The minimum absolute atomic E-state index is 0.0780. The Morgan fingerprint density at radius 2 is 1.69 bits per heavy atom. The fourth-order valence-electron chi connectivity index (χ4n) is 4.06. The topological polar surface area (TPSA) is 232 Å². The van der Waals surface area contributed by atoms with Crippen molar-refractivity contribution in [3.8, 4) is 0 Å². The summed E-state index contributed by atoms with van der Waals surface area (Å²) in [7, 11) is 0. The van der Waals surface area contributed by atoms with E-state index in [1.807, 2.05) is 13.8 Å². The number of carboxylic acid groups (broad SMARTS) is 1. The Balaban J connectivity index is 3.05. The fraction of sp³-hybridized carbons (Fsp3) is 0.783. The lowest BCUT2D eigenvalue weighted by molar-refractivity contribution is -0.149. The molecule has 206 valence electrons. The maximum atomic E-state index is 13.3. The highest BCUT2D eigenvalue weighted by Gasteiger charge is 2.38. The Kier molecular flexibility index (Phi) is 13.8. The summed E-state index contributed by atoms with van der Waals surface area (Å²) >= 11 is 0. The monoisotopic (exact) mass is 512 g/mol. The van der Waals surface area contributed by atoms with Gasteiger partial charge in [0.15, 0.2) is 5.96 Å². The van der Waals surface area contributed by atoms with Gasteiger partial charge in [-0.1, -0.05) is 20.3 Å². The maximum absolute atomic E-state index is 13.3. The molecule has 5 unspecified atom stereocenters. The molecule has 0 aromatic carbocycles. The molecule has 0 bridgehead atoms. The second-order valence-electron chi connectivity index (χ2n) is 9.29. The van der Waals surface area contributed by atoms with Gasteiger partial charge in [0, 0.05) is 13.1 Å². The van der Waals surface area contributed by atoms with Gasteiger partial charge < -0.3 is 43.6 Å². The number of amides is 3. The largest absolute Gasteiger partial charge is 0.480 e. The van der Waals surface area contributed by atoms with Crippen LogP contribution in [0.2, 0.25) is 0 Å². The standard InChI is InChI=1S/C23H44N8O5/c1-3-14(2)18(25)20(33)29-15(8-4-5-11-24)19(32)30-16(9-6-12-28-23(26)27)21(34)31-13-7-10-17(31)22(35)36/h14-18H,3-13,24-25H2,1-2H3,(H,29,33)(H,30,32)(H,35,36)(H4,26,27,28). The van der Waals surface area contributed by atoms with E-state index < -0.39 is 47.9 Å². The van der Waals surface area contributed by atoms with E-state index in [4.69, 9.17) is 22.9 Å². The van der Waals surface area contributed by atoms with Crippen molar-refractivity contribution in [2.75, 3.05) is 19.6 Å². The highest BCUT2D eigenvalue weighted by molar-refractivity contribution is 5.94. The summed E-state index contributed by atoms with van der Waals surface area (Å²) in [6.45, 7) is 4.74. The summed E-state index contributed by atoms with van der Waals surface area (Å²) in [5.74, 6) is -2.72. The fourth-order valence-corrected chi connectivity index (χ4v) is 4.06. The Bertz CT molecular complexity index is 774. The number of carbonyl (C=O) groups excluding carboxylic acids is 3. The predicted octanol–water partition coefficient (Wildman–Crippen LogP) is -1.41. The Morgan fingerprint density at radius 3 is 2.28 bits per heavy atom. The maximum Gasteiger partial charge on any atom is 0.326 e. The number of unbranched alkanes of at least 4 members (excludes halogenated alkanes) is 1. The molecule has 0 aromatic rings. The first-order valence-corrected chi connectivity index (χ1v) is 12.7. The summed E-state index contributed by atoms with van der Waals surface area (Å²) in [6, 6.07) is -3.63. The molecule has 0 spiro atoms. The quantitative estimate of drug-likeness (QED) is 0.0729. The summed E-state index contributed by atoms with van der Waals surface area (Å²) in [6.07, 6.45) is 3.74. The smallest absolute Gasteiger partial charge is 0.326 e. The van der Waals surface area contributed by atoms with Crippen LogP contribution in [0, 0.1) is 5.92 Å². The molecule has 5 atom stereocenters. The normalized spacial score (nSPS) is 18.6. The van der Waals surface area contributed by atoms with E-state index in [0.717, 1.165) is 0 Å². The van der Waals surface area contributed by atoms with Gasteiger partial charge in [-0.05, 0) is 57.4 Å². The summed E-state index contributed by atoms with van der Waals surface area (Å²) in [4.78, 5) is 56.1. The first-order valence-electron chi connectivity index (χ1n) is 12.7. The van der Waals surface area contributed by atoms with Crippen molar-refractivity contribution in [2.45, 2.75) is 89.4 Å².